The molecule has 0 aliphatic carbocycles. The Morgan fingerprint density at radius 3 is 2.29 bits per heavy atom. The largest absolute Gasteiger partial charge is 0.312 e. The average molecular weight is 233 g/mol. The fourth-order valence-corrected chi connectivity index (χ4v) is 2.05. The second-order valence-corrected chi connectivity index (χ2v) is 4.07. The van der Waals surface area contributed by atoms with E-state index in [1.165, 1.54) is 12.0 Å². The van der Waals surface area contributed by atoms with Gasteiger partial charge in [-0.15, -0.1) is 0 Å². The lowest BCUT2D eigenvalue weighted by Gasteiger charge is -2.15. The van der Waals surface area contributed by atoms with Crippen LogP contribution in [-0.2, 0) is 11.2 Å². The molecule has 1 aliphatic rings. The van der Waals surface area contributed by atoms with Crippen molar-refractivity contribution < 1.29 is 4.79 Å². The summed E-state index contributed by atoms with van der Waals surface area (Å²) >= 11 is 0. The molecule has 1 saturated heterocycles. The van der Waals surface area contributed by atoms with Crippen LogP contribution < -0.4 is 4.90 Å². The van der Waals surface area contributed by atoms with Crippen molar-refractivity contribution in [2.45, 2.75) is 46.5 Å². The Kier molecular flexibility index (Phi) is 5.75. The molecule has 0 N–H and O–H groups in total. The van der Waals surface area contributed by atoms with E-state index in [0.717, 1.165) is 25.1 Å². The Morgan fingerprint density at radius 2 is 1.82 bits per heavy atom. The smallest absolute Gasteiger partial charge is 0.227 e. The predicted octanol–water partition coefficient (Wildman–Crippen LogP) is 3.79. The van der Waals surface area contributed by atoms with Crippen LogP contribution >= 0.6 is 0 Å². The van der Waals surface area contributed by atoms with Crippen molar-refractivity contribution in [2.24, 2.45) is 0 Å². The van der Waals surface area contributed by atoms with Crippen LogP contribution in [0.15, 0.2) is 24.3 Å². The number of aryl methyl sites for hydroxylation is 1. The van der Waals surface area contributed by atoms with Gasteiger partial charge in [0.15, 0.2) is 0 Å². The highest BCUT2D eigenvalue weighted by atomic mass is 16.2. The van der Waals surface area contributed by atoms with Gasteiger partial charge in [-0.1, -0.05) is 39.3 Å². The summed E-state index contributed by atoms with van der Waals surface area (Å²) in [5.41, 5.74) is 2.41. The Balaban J connectivity index is 0.000000686. The summed E-state index contributed by atoms with van der Waals surface area (Å²) in [6, 6.07) is 8.39. The molecule has 2 heteroatoms. The molecule has 1 amide bonds. The molecule has 0 radical (unpaired) electrons. The van der Waals surface area contributed by atoms with Crippen LogP contribution in [0, 0.1) is 0 Å². The van der Waals surface area contributed by atoms with Crippen LogP contribution in [0.5, 0.6) is 0 Å². The number of carbonyl (C=O) groups excluding carboxylic acids is 1. The molecule has 1 aliphatic heterocycles. The molecule has 0 spiro atoms. The monoisotopic (exact) mass is 233 g/mol. The third-order valence-corrected chi connectivity index (χ3v) is 2.86. The summed E-state index contributed by atoms with van der Waals surface area (Å²) in [6.45, 7) is 7.06. The van der Waals surface area contributed by atoms with E-state index in [-0.39, 0.29) is 5.91 Å². The predicted molar refractivity (Wildman–Crippen MR) is 73.4 cm³/mol. The topological polar surface area (TPSA) is 20.3 Å². The molecule has 2 rings (SSSR count). The summed E-state index contributed by atoms with van der Waals surface area (Å²) < 4.78 is 0. The first-order valence-electron chi connectivity index (χ1n) is 6.70. The van der Waals surface area contributed by atoms with E-state index in [2.05, 4.69) is 31.2 Å². The van der Waals surface area contributed by atoms with Crippen molar-refractivity contribution in [2.75, 3.05) is 11.4 Å². The van der Waals surface area contributed by atoms with Gasteiger partial charge in [0.1, 0.15) is 0 Å². The van der Waals surface area contributed by atoms with Gasteiger partial charge in [0.2, 0.25) is 5.91 Å². The molecule has 2 nitrogen and oxygen atoms in total. The van der Waals surface area contributed by atoms with Gasteiger partial charge in [-0.05, 0) is 30.5 Å². The number of amides is 1. The number of anilines is 1. The van der Waals surface area contributed by atoms with Gasteiger partial charge in [-0.2, -0.15) is 0 Å². The van der Waals surface area contributed by atoms with E-state index in [4.69, 9.17) is 0 Å². The minimum Gasteiger partial charge on any atom is -0.312 e. The Hall–Kier alpha value is -1.31. The minimum absolute atomic E-state index is 0.262. The maximum Gasteiger partial charge on any atom is 0.227 e. The van der Waals surface area contributed by atoms with Crippen molar-refractivity contribution >= 4 is 11.6 Å². The molecule has 1 fully saturated rings. The summed E-state index contributed by atoms with van der Waals surface area (Å²) in [7, 11) is 0. The van der Waals surface area contributed by atoms with E-state index < -0.39 is 0 Å². The second-order valence-electron chi connectivity index (χ2n) is 4.07. The lowest BCUT2D eigenvalue weighted by atomic mass is 10.1. The number of nitrogens with zero attached hydrogens (tertiary/aromatic N) is 1. The molecule has 1 aromatic rings. The van der Waals surface area contributed by atoms with Crippen molar-refractivity contribution in [3.05, 3.63) is 29.8 Å². The molecule has 0 unspecified atom stereocenters. The molecule has 1 aromatic carbocycles. The zero-order valence-electron chi connectivity index (χ0n) is 11.2. The molecule has 0 saturated carbocycles. The number of hydrogen-bond donors (Lipinski definition) is 0. The van der Waals surface area contributed by atoms with E-state index in [1.807, 2.05) is 18.7 Å². The first kappa shape index (κ1) is 13.8. The van der Waals surface area contributed by atoms with Gasteiger partial charge in [-0.3, -0.25) is 4.79 Å². The van der Waals surface area contributed by atoms with E-state index in [0.29, 0.717) is 6.42 Å². The van der Waals surface area contributed by atoms with Gasteiger partial charge < -0.3 is 4.90 Å². The summed E-state index contributed by atoms with van der Waals surface area (Å²) in [6.07, 6.45) is 3.99. The number of hydrogen-bond acceptors (Lipinski definition) is 1. The van der Waals surface area contributed by atoms with Gasteiger partial charge in [0.05, 0.1) is 0 Å². The quantitative estimate of drug-likeness (QED) is 0.777. The Labute approximate surface area is 105 Å². The Morgan fingerprint density at radius 1 is 1.18 bits per heavy atom. The molecule has 0 aromatic heterocycles. The second kappa shape index (κ2) is 7.10. The molecule has 1 heterocycles. The molecule has 0 atom stereocenters. The molecular formula is C15H23NO. The Bertz CT molecular complexity index is 342. The fourth-order valence-electron chi connectivity index (χ4n) is 2.05. The summed E-state index contributed by atoms with van der Waals surface area (Å²) in [5.74, 6) is 0.262. The standard InChI is InChI=1S/C13H17NO.C2H6/c1-2-4-11-6-8-12(9-7-11)14-10-3-5-13(14)15;1-2/h6-9H,2-5,10H2,1H3;1-2H3. The first-order chi connectivity index (χ1) is 8.31. The van der Waals surface area contributed by atoms with E-state index in [1.54, 1.807) is 0 Å². The van der Waals surface area contributed by atoms with Crippen LogP contribution in [0.1, 0.15) is 45.6 Å². The summed E-state index contributed by atoms with van der Waals surface area (Å²) in [5, 5.41) is 0. The van der Waals surface area contributed by atoms with Crippen LogP contribution in [0.3, 0.4) is 0 Å². The lowest BCUT2D eigenvalue weighted by molar-refractivity contribution is -0.117. The van der Waals surface area contributed by atoms with Gasteiger partial charge in [-0.25, -0.2) is 0 Å². The first-order valence-corrected chi connectivity index (χ1v) is 6.70. The summed E-state index contributed by atoms with van der Waals surface area (Å²) in [4.78, 5) is 13.4. The maximum absolute atomic E-state index is 11.5. The van der Waals surface area contributed by atoms with Gasteiger partial charge in [0.25, 0.3) is 0 Å². The van der Waals surface area contributed by atoms with Gasteiger partial charge in [0, 0.05) is 18.7 Å². The van der Waals surface area contributed by atoms with Crippen LogP contribution in [-0.4, -0.2) is 12.5 Å². The SMILES string of the molecule is CC.CCCc1ccc(N2CCCC2=O)cc1. The fraction of sp³-hybridized carbons (Fsp3) is 0.533. The van der Waals surface area contributed by atoms with Crippen molar-refractivity contribution in [3.63, 3.8) is 0 Å². The molecular weight excluding hydrogens is 210 g/mol. The van der Waals surface area contributed by atoms with E-state index in [9.17, 15) is 4.79 Å². The van der Waals surface area contributed by atoms with Crippen LogP contribution in [0.25, 0.3) is 0 Å². The lowest BCUT2D eigenvalue weighted by Crippen LogP contribution is -2.23. The normalized spacial score (nSPS) is 14.5. The zero-order valence-corrected chi connectivity index (χ0v) is 11.2. The highest BCUT2D eigenvalue weighted by Crippen LogP contribution is 2.21. The number of rotatable bonds is 3. The van der Waals surface area contributed by atoms with Crippen LogP contribution in [0.2, 0.25) is 0 Å². The molecule has 94 valence electrons. The maximum atomic E-state index is 11.5. The molecule has 17 heavy (non-hydrogen) atoms. The number of benzene rings is 1. The average Bonchev–Trinajstić information content (AvgIpc) is 2.80. The van der Waals surface area contributed by atoms with Gasteiger partial charge >= 0.3 is 0 Å². The highest BCUT2D eigenvalue weighted by Gasteiger charge is 2.21. The molecule has 0 bridgehead atoms. The third kappa shape index (κ3) is 3.58. The van der Waals surface area contributed by atoms with Crippen molar-refractivity contribution in [3.8, 4) is 0 Å². The number of carbonyl (C=O) groups is 1. The van der Waals surface area contributed by atoms with Crippen molar-refractivity contribution in [1.82, 2.24) is 0 Å². The zero-order chi connectivity index (χ0) is 12.7. The third-order valence-electron chi connectivity index (χ3n) is 2.86. The van der Waals surface area contributed by atoms with Crippen LogP contribution in [0.4, 0.5) is 5.69 Å². The van der Waals surface area contributed by atoms with Crippen molar-refractivity contribution in [1.29, 1.82) is 0 Å². The minimum atomic E-state index is 0.262. The highest BCUT2D eigenvalue weighted by molar-refractivity contribution is 5.95. The van der Waals surface area contributed by atoms with E-state index >= 15 is 0 Å².